The van der Waals surface area contributed by atoms with E-state index in [1.165, 1.54) is 25.3 Å². The van der Waals surface area contributed by atoms with Crippen LogP contribution in [0.15, 0.2) is 65.4 Å². The van der Waals surface area contributed by atoms with Gasteiger partial charge in [-0.05, 0) is 35.9 Å². The van der Waals surface area contributed by atoms with Crippen LogP contribution in [0.3, 0.4) is 0 Å². The molecule has 2 aromatic carbocycles. The number of non-ortho nitro benzene ring substituents is 1. The fourth-order valence-corrected chi connectivity index (χ4v) is 3.07. The maximum atomic E-state index is 12.3. The van der Waals surface area contributed by atoms with Crippen molar-refractivity contribution in [1.29, 1.82) is 0 Å². The summed E-state index contributed by atoms with van der Waals surface area (Å²) in [5.41, 5.74) is 0.422. The van der Waals surface area contributed by atoms with E-state index in [0.717, 1.165) is 17.5 Å². The Balaban J connectivity index is 2.24. The monoisotopic (exact) mass is 375 g/mol. The Morgan fingerprint density at radius 3 is 2.42 bits per heavy atom. The van der Waals surface area contributed by atoms with Crippen LogP contribution in [0.2, 0.25) is 0 Å². The molecule has 0 fully saturated rings. The zero-order valence-corrected chi connectivity index (χ0v) is 14.8. The minimum absolute atomic E-state index is 0.0303. The smallest absolute Gasteiger partial charge is 0.269 e. The number of rotatable bonds is 8. The summed E-state index contributed by atoms with van der Waals surface area (Å²) in [4.78, 5) is 10.0. The van der Waals surface area contributed by atoms with Crippen LogP contribution in [0.5, 0.6) is 11.5 Å². The predicted molar refractivity (Wildman–Crippen MR) is 98.0 cm³/mol. The first-order valence-corrected chi connectivity index (χ1v) is 9.01. The molecule has 0 aliphatic heterocycles. The fraction of sp³-hybridized carbons (Fsp3) is 0.111. The largest absolute Gasteiger partial charge is 0.493 e. The average Bonchev–Trinajstić information content (AvgIpc) is 2.65. The SMILES string of the molecule is C=CCOc1ccc(/C=C/S(=O)(=O)c2ccc([N+](=O)[O-])cc2)cc1OC. The molecule has 0 aliphatic carbocycles. The van der Waals surface area contributed by atoms with E-state index in [1.807, 2.05) is 0 Å². The van der Waals surface area contributed by atoms with Gasteiger partial charge in [-0.2, -0.15) is 0 Å². The van der Waals surface area contributed by atoms with Crippen molar-refractivity contribution in [2.45, 2.75) is 4.90 Å². The van der Waals surface area contributed by atoms with E-state index in [-0.39, 0.29) is 10.6 Å². The van der Waals surface area contributed by atoms with Gasteiger partial charge < -0.3 is 9.47 Å². The van der Waals surface area contributed by atoms with Crippen molar-refractivity contribution < 1.29 is 22.8 Å². The lowest BCUT2D eigenvalue weighted by atomic mass is 10.2. The van der Waals surface area contributed by atoms with E-state index < -0.39 is 14.8 Å². The fourth-order valence-electron chi connectivity index (χ4n) is 2.06. The molecule has 0 amide bonds. The van der Waals surface area contributed by atoms with Gasteiger partial charge in [0.05, 0.1) is 16.9 Å². The van der Waals surface area contributed by atoms with Crippen LogP contribution in [-0.4, -0.2) is 27.1 Å². The van der Waals surface area contributed by atoms with Crippen molar-refractivity contribution in [3.05, 3.63) is 76.2 Å². The molecule has 0 radical (unpaired) electrons. The summed E-state index contributed by atoms with van der Waals surface area (Å²) < 4.78 is 35.3. The van der Waals surface area contributed by atoms with Gasteiger partial charge in [0.25, 0.3) is 5.69 Å². The van der Waals surface area contributed by atoms with Crippen LogP contribution < -0.4 is 9.47 Å². The number of benzene rings is 2. The molecule has 2 aromatic rings. The van der Waals surface area contributed by atoms with Gasteiger partial charge in [0, 0.05) is 17.5 Å². The molecule has 7 nitrogen and oxygen atoms in total. The molecule has 0 unspecified atom stereocenters. The molecule has 0 atom stereocenters. The second kappa shape index (κ2) is 8.30. The predicted octanol–water partition coefficient (Wildman–Crippen LogP) is 3.61. The minimum atomic E-state index is -3.73. The van der Waals surface area contributed by atoms with Crippen LogP contribution in [0.4, 0.5) is 5.69 Å². The molecule has 0 saturated heterocycles. The lowest BCUT2D eigenvalue weighted by Gasteiger charge is -2.09. The lowest BCUT2D eigenvalue weighted by Crippen LogP contribution is -1.97. The van der Waals surface area contributed by atoms with E-state index in [0.29, 0.717) is 23.7 Å². The molecule has 0 spiro atoms. The van der Waals surface area contributed by atoms with Crippen LogP contribution in [0.1, 0.15) is 5.56 Å². The summed E-state index contributed by atoms with van der Waals surface area (Å²) >= 11 is 0. The van der Waals surface area contributed by atoms with Crippen molar-refractivity contribution in [1.82, 2.24) is 0 Å². The molecule has 0 heterocycles. The third kappa shape index (κ3) is 4.70. The topological polar surface area (TPSA) is 95.7 Å². The molecule has 8 heteroatoms. The van der Waals surface area contributed by atoms with Crippen molar-refractivity contribution in [2.75, 3.05) is 13.7 Å². The molecule has 2 rings (SSSR count). The van der Waals surface area contributed by atoms with E-state index >= 15 is 0 Å². The summed E-state index contributed by atoms with van der Waals surface area (Å²) in [5.74, 6) is 0.976. The van der Waals surface area contributed by atoms with Crippen LogP contribution >= 0.6 is 0 Å². The van der Waals surface area contributed by atoms with Crippen molar-refractivity contribution in [3.8, 4) is 11.5 Å². The first-order valence-electron chi connectivity index (χ1n) is 7.46. The Labute approximate surface area is 151 Å². The number of nitro benzene ring substituents is 1. The maximum Gasteiger partial charge on any atom is 0.269 e. The summed E-state index contributed by atoms with van der Waals surface area (Å²) in [6.07, 6.45) is 3.01. The summed E-state index contributed by atoms with van der Waals surface area (Å²) in [7, 11) is -2.25. The highest BCUT2D eigenvalue weighted by atomic mass is 32.2. The van der Waals surface area contributed by atoms with Gasteiger partial charge in [0.2, 0.25) is 0 Å². The second-order valence-corrected chi connectivity index (χ2v) is 6.94. The number of ether oxygens (including phenoxy) is 2. The zero-order chi connectivity index (χ0) is 19.2. The molecule has 0 aromatic heterocycles. The molecular formula is C18H17NO6S. The molecule has 26 heavy (non-hydrogen) atoms. The number of sulfone groups is 1. The third-order valence-electron chi connectivity index (χ3n) is 3.36. The Morgan fingerprint density at radius 1 is 1.15 bits per heavy atom. The van der Waals surface area contributed by atoms with Crippen LogP contribution in [-0.2, 0) is 9.84 Å². The number of hydrogen-bond acceptors (Lipinski definition) is 6. The normalized spacial score (nSPS) is 11.3. The highest BCUT2D eigenvalue weighted by molar-refractivity contribution is 7.94. The van der Waals surface area contributed by atoms with Crippen molar-refractivity contribution >= 4 is 21.6 Å². The number of nitro groups is 1. The van der Waals surface area contributed by atoms with Crippen molar-refractivity contribution in [3.63, 3.8) is 0 Å². The molecule has 0 bridgehead atoms. The lowest BCUT2D eigenvalue weighted by molar-refractivity contribution is -0.384. The van der Waals surface area contributed by atoms with E-state index in [4.69, 9.17) is 9.47 Å². The van der Waals surface area contributed by atoms with Gasteiger partial charge in [-0.1, -0.05) is 18.7 Å². The summed E-state index contributed by atoms with van der Waals surface area (Å²) in [6.45, 7) is 3.89. The van der Waals surface area contributed by atoms with E-state index in [2.05, 4.69) is 6.58 Å². The molecule has 0 aliphatic rings. The second-order valence-electron chi connectivity index (χ2n) is 5.11. The Morgan fingerprint density at radius 2 is 1.85 bits per heavy atom. The average molecular weight is 375 g/mol. The van der Waals surface area contributed by atoms with Crippen molar-refractivity contribution in [2.24, 2.45) is 0 Å². The molecular weight excluding hydrogens is 358 g/mol. The highest BCUT2D eigenvalue weighted by Gasteiger charge is 2.13. The first-order chi connectivity index (χ1) is 12.4. The summed E-state index contributed by atoms with van der Waals surface area (Å²) in [5, 5.41) is 11.7. The zero-order valence-electron chi connectivity index (χ0n) is 14.0. The van der Waals surface area contributed by atoms with Gasteiger partial charge in [0.1, 0.15) is 6.61 Å². The van der Waals surface area contributed by atoms with Crippen LogP contribution in [0.25, 0.3) is 6.08 Å². The Kier molecular flexibility index (Phi) is 6.13. The van der Waals surface area contributed by atoms with Gasteiger partial charge in [0.15, 0.2) is 21.3 Å². The number of methoxy groups -OCH3 is 1. The molecule has 0 saturated carbocycles. The minimum Gasteiger partial charge on any atom is -0.493 e. The summed E-state index contributed by atoms with van der Waals surface area (Å²) in [6, 6.07) is 9.68. The van der Waals surface area contributed by atoms with Gasteiger partial charge in [-0.25, -0.2) is 8.42 Å². The van der Waals surface area contributed by atoms with E-state index in [1.54, 1.807) is 24.3 Å². The number of nitrogens with zero attached hydrogens (tertiary/aromatic N) is 1. The highest BCUT2D eigenvalue weighted by Crippen LogP contribution is 2.29. The quantitative estimate of drug-likeness (QED) is 0.397. The van der Waals surface area contributed by atoms with Crippen LogP contribution in [0, 0.1) is 10.1 Å². The van der Waals surface area contributed by atoms with E-state index in [9.17, 15) is 18.5 Å². The standard InChI is InChI=1S/C18H17NO6S/c1-3-11-25-17-9-4-14(13-18(17)24-2)10-12-26(22,23)16-7-5-15(6-8-16)19(20)21/h3-10,12-13H,1,11H2,2H3/b12-10+. The molecule has 136 valence electrons. The van der Waals surface area contributed by atoms with Gasteiger partial charge >= 0.3 is 0 Å². The Bertz CT molecular complexity index is 933. The molecule has 0 N–H and O–H groups in total. The van der Waals surface area contributed by atoms with Gasteiger partial charge in [-0.15, -0.1) is 0 Å². The van der Waals surface area contributed by atoms with Gasteiger partial charge in [-0.3, -0.25) is 10.1 Å². The third-order valence-corrected chi connectivity index (χ3v) is 4.78. The number of hydrogen-bond donors (Lipinski definition) is 0. The Hall–Kier alpha value is -3.13. The maximum absolute atomic E-state index is 12.3. The first kappa shape index (κ1) is 19.2.